The predicted octanol–water partition coefficient (Wildman–Crippen LogP) is 4.72. The van der Waals surface area contributed by atoms with Crippen molar-refractivity contribution >= 4 is 29.0 Å². The Morgan fingerprint density at radius 2 is 1.87 bits per heavy atom. The van der Waals surface area contributed by atoms with Gasteiger partial charge in [-0.1, -0.05) is 35.9 Å². The van der Waals surface area contributed by atoms with Gasteiger partial charge in [0.25, 0.3) is 5.91 Å². The highest BCUT2D eigenvalue weighted by Gasteiger charge is 2.19. The first-order valence-corrected chi connectivity index (χ1v) is 11.4. The molecule has 0 spiro atoms. The van der Waals surface area contributed by atoms with Gasteiger partial charge in [0.15, 0.2) is 0 Å². The minimum atomic E-state index is -0.292. The lowest BCUT2D eigenvalue weighted by atomic mass is 10.2. The van der Waals surface area contributed by atoms with Crippen molar-refractivity contribution in [1.82, 2.24) is 15.2 Å². The normalized spacial score (nSPS) is 13.3. The van der Waals surface area contributed by atoms with Crippen molar-refractivity contribution in [3.05, 3.63) is 70.7 Å². The Labute approximate surface area is 186 Å². The average molecular weight is 435 g/mol. The van der Waals surface area contributed by atoms with Crippen molar-refractivity contribution in [2.45, 2.75) is 26.2 Å². The summed E-state index contributed by atoms with van der Waals surface area (Å²) in [7, 11) is 0. The molecule has 3 amide bonds. The van der Waals surface area contributed by atoms with Crippen molar-refractivity contribution in [2.24, 2.45) is 0 Å². The van der Waals surface area contributed by atoms with Gasteiger partial charge in [-0.3, -0.25) is 4.79 Å². The molecule has 1 saturated heterocycles. The van der Waals surface area contributed by atoms with Crippen LogP contribution in [0.5, 0.6) is 0 Å². The van der Waals surface area contributed by atoms with E-state index in [1.54, 1.807) is 35.6 Å². The number of aryl methyl sites for hydroxylation is 1. The summed E-state index contributed by atoms with van der Waals surface area (Å²) in [5.74, 6) is 0.0227. The Hall–Kier alpha value is -3.19. The molecule has 1 aliphatic heterocycles. The number of nitrogens with one attached hydrogen (secondary N) is 2. The molecule has 31 heavy (non-hydrogen) atoms. The van der Waals surface area contributed by atoms with Crippen LogP contribution in [0.15, 0.2) is 53.9 Å². The molecule has 1 fully saturated rings. The van der Waals surface area contributed by atoms with E-state index in [9.17, 15) is 9.59 Å². The molecule has 0 unspecified atom stereocenters. The second kappa shape index (κ2) is 9.75. The third-order valence-corrected chi connectivity index (χ3v) is 6.22. The van der Waals surface area contributed by atoms with Crippen molar-refractivity contribution in [2.75, 3.05) is 25.0 Å². The summed E-state index contributed by atoms with van der Waals surface area (Å²) in [5.41, 5.74) is 4.50. The molecule has 7 heteroatoms. The van der Waals surface area contributed by atoms with E-state index < -0.39 is 0 Å². The number of carbonyl (C=O) groups is 2. The number of aromatic nitrogens is 1. The first-order chi connectivity index (χ1) is 15.1. The third-order valence-electron chi connectivity index (χ3n) is 5.28. The lowest BCUT2D eigenvalue weighted by Gasteiger charge is -2.16. The van der Waals surface area contributed by atoms with Gasteiger partial charge in [0.2, 0.25) is 0 Å². The van der Waals surface area contributed by atoms with E-state index >= 15 is 0 Å². The molecule has 0 atom stereocenters. The van der Waals surface area contributed by atoms with Crippen molar-refractivity contribution in [1.29, 1.82) is 0 Å². The number of rotatable bonds is 6. The van der Waals surface area contributed by atoms with Crippen LogP contribution in [0, 0.1) is 6.92 Å². The fraction of sp³-hybridized carbons (Fsp3) is 0.292. The molecule has 2 heterocycles. The maximum absolute atomic E-state index is 12.5. The zero-order valence-corrected chi connectivity index (χ0v) is 18.4. The number of hydrogen-bond acceptors (Lipinski definition) is 4. The van der Waals surface area contributed by atoms with Gasteiger partial charge in [0.05, 0.1) is 5.69 Å². The topological polar surface area (TPSA) is 74.3 Å². The number of benzene rings is 2. The first kappa shape index (κ1) is 21.1. The summed E-state index contributed by atoms with van der Waals surface area (Å²) in [4.78, 5) is 31.3. The Balaban J connectivity index is 1.27. The van der Waals surface area contributed by atoms with Gasteiger partial charge >= 0.3 is 6.03 Å². The van der Waals surface area contributed by atoms with E-state index in [1.165, 1.54) is 5.56 Å². The molecule has 4 rings (SSSR count). The summed E-state index contributed by atoms with van der Waals surface area (Å²) in [6.45, 7) is 4.16. The smallest absolute Gasteiger partial charge is 0.319 e. The molecule has 0 radical (unpaired) electrons. The van der Waals surface area contributed by atoms with Crippen LogP contribution in [0.3, 0.4) is 0 Å². The maximum atomic E-state index is 12.5. The van der Waals surface area contributed by atoms with E-state index in [-0.39, 0.29) is 11.9 Å². The van der Waals surface area contributed by atoms with Gasteiger partial charge < -0.3 is 15.5 Å². The summed E-state index contributed by atoms with van der Waals surface area (Å²) in [6, 6.07) is 15.1. The summed E-state index contributed by atoms with van der Waals surface area (Å²) in [6.07, 6.45) is 2.76. The van der Waals surface area contributed by atoms with Crippen LogP contribution in [0.1, 0.15) is 34.5 Å². The molecule has 0 bridgehead atoms. The molecule has 2 N–H and O–H groups in total. The molecular formula is C24H26N4O2S. The second-order valence-corrected chi connectivity index (χ2v) is 8.58. The molecule has 3 aromatic rings. The van der Waals surface area contributed by atoms with Gasteiger partial charge in [0.1, 0.15) is 5.01 Å². The number of carbonyl (C=O) groups excluding carboxylic acids is 2. The van der Waals surface area contributed by atoms with Crippen molar-refractivity contribution < 1.29 is 9.59 Å². The third kappa shape index (κ3) is 5.49. The van der Waals surface area contributed by atoms with E-state index in [0.717, 1.165) is 42.2 Å². The van der Waals surface area contributed by atoms with Gasteiger partial charge in [-0.15, -0.1) is 11.3 Å². The lowest BCUT2D eigenvalue weighted by molar-refractivity contribution is 0.0793. The Morgan fingerprint density at radius 3 is 2.65 bits per heavy atom. The van der Waals surface area contributed by atoms with Crippen LogP contribution >= 0.6 is 11.3 Å². The van der Waals surface area contributed by atoms with Gasteiger partial charge in [-0.05, 0) is 38.0 Å². The molecule has 0 aliphatic carbocycles. The van der Waals surface area contributed by atoms with E-state index in [1.807, 2.05) is 10.3 Å². The Morgan fingerprint density at radius 1 is 1.10 bits per heavy atom. The zero-order chi connectivity index (χ0) is 21.6. The molecule has 160 valence electrons. The molecule has 1 aromatic heterocycles. The number of amides is 3. The lowest BCUT2D eigenvalue weighted by Crippen LogP contribution is -2.31. The fourth-order valence-electron chi connectivity index (χ4n) is 3.56. The number of likely N-dealkylation sites (tertiary alicyclic amines) is 1. The summed E-state index contributed by atoms with van der Waals surface area (Å²) < 4.78 is 0. The van der Waals surface area contributed by atoms with Crippen LogP contribution in [0.2, 0.25) is 0 Å². The van der Waals surface area contributed by atoms with Gasteiger partial charge in [-0.25, -0.2) is 9.78 Å². The van der Waals surface area contributed by atoms with Crippen LogP contribution in [-0.4, -0.2) is 41.5 Å². The van der Waals surface area contributed by atoms with Crippen LogP contribution in [0.4, 0.5) is 10.5 Å². The molecule has 6 nitrogen and oxygen atoms in total. The largest absolute Gasteiger partial charge is 0.339 e. The monoisotopic (exact) mass is 434 g/mol. The maximum Gasteiger partial charge on any atom is 0.319 e. The standard InChI is InChI=1S/C24H26N4O2S/c1-17-7-9-18(10-8-17)22-26-21(16-31-22)11-12-25-24(30)27-20-6-4-5-19(15-20)23(29)28-13-2-3-14-28/h4-10,15-16H,2-3,11-14H2,1H3,(H2,25,27,30). The van der Waals surface area contributed by atoms with Crippen LogP contribution < -0.4 is 10.6 Å². The number of hydrogen-bond donors (Lipinski definition) is 2. The van der Waals surface area contributed by atoms with E-state index in [4.69, 9.17) is 0 Å². The average Bonchev–Trinajstić information content (AvgIpc) is 3.46. The van der Waals surface area contributed by atoms with Gasteiger partial charge in [-0.2, -0.15) is 0 Å². The number of anilines is 1. The Kier molecular flexibility index (Phi) is 6.62. The number of thiazole rings is 1. The van der Waals surface area contributed by atoms with E-state index in [2.05, 4.69) is 46.8 Å². The van der Waals surface area contributed by atoms with Crippen LogP contribution in [-0.2, 0) is 6.42 Å². The van der Waals surface area contributed by atoms with Gasteiger partial charge in [0, 0.05) is 48.2 Å². The zero-order valence-electron chi connectivity index (χ0n) is 17.6. The van der Waals surface area contributed by atoms with Crippen molar-refractivity contribution in [3.8, 4) is 10.6 Å². The molecular weight excluding hydrogens is 408 g/mol. The summed E-state index contributed by atoms with van der Waals surface area (Å²) in [5, 5.41) is 8.69. The molecule has 0 saturated carbocycles. The summed E-state index contributed by atoms with van der Waals surface area (Å²) >= 11 is 1.61. The van der Waals surface area contributed by atoms with Crippen LogP contribution in [0.25, 0.3) is 10.6 Å². The van der Waals surface area contributed by atoms with E-state index in [0.29, 0.717) is 24.2 Å². The number of urea groups is 1. The predicted molar refractivity (Wildman–Crippen MR) is 125 cm³/mol. The SMILES string of the molecule is Cc1ccc(-c2nc(CCNC(=O)Nc3cccc(C(=O)N4CCCC4)c3)cs2)cc1. The highest BCUT2D eigenvalue weighted by atomic mass is 32.1. The second-order valence-electron chi connectivity index (χ2n) is 7.72. The van der Waals surface area contributed by atoms with Crippen molar-refractivity contribution in [3.63, 3.8) is 0 Å². The highest BCUT2D eigenvalue weighted by molar-refractivity contribution is 7.13. The molecule has 2 aromatic carbocycles. The first-order valence-electron chi connectivity index (χ1n) is 10.5. The molecule has 1 aliphatic rings. The minimum absolute atomic E-state index is 0.0227. The fourth-order valence-corrected chi connectivity index (χ4v) is 4.42. The Bertz CT molecular complexity index is 1060. The quantitative estimate of drug-likeness (QED) is 0.590. The minimum Gasteiger partial charge on any atom is -0.339 e. The number of nitrogens with zero attached hydrogens (tertiary/aromatic N) is 2. The highest BCUT2D eigenvalue weighted by Crippen LogP contribution is 2.24.